The molecule has 8 aromatic rings. The van der Waals surface area contributed by atoms with Crippen LogP contribution in [-0.2, 0) is 17.1 Å². The molecule has 13 heteroatoms. The SMILES string of the molecule is C=CN(C)C.C=CNC.CC.CC.CN1C=CN(c2cc(-n3c4ccccc4c4ccccc43)cc(N3C=CN(C)[CH-]3)n2)[CH-]1.[CH-]=Nc1cc(-n2c3ccccc3c3ccccc32)cc(N=[CH-])n1.[Fe+5]. The number of benzene rings is 4. The van der Waals surface area contributed by atoms with Gasteiger partial charge in [0.15, 0.2) is 0 Å². The van der Waals surface area contributed by atoms with E-state index < -0.39 is 0 Å². The van der Waals surface area contributed by atoms with E-state index >= 15 is 0 Å². The maximum Gasteiger partial charge on any atom is 5.00 e. The zero-order valence-corrected chi connectivity index (χ0v) is 41.6. The van der Waals surface area contributed by atoms with Gasteiger partial charge in [-0.2, -0.15) is 13.4 Å². The first-order valence-electron chi connectivity index (χ1n) is 22.2. The van der Waals surface area contributed by atoms with E-state index in [1.807, 2.05) is 162 Å². The average molecular weight is 947 g/mol. The molecule has 0 saturated heterocycles. The minimum absolute atomic E-state index is 0. The zero-order chi connectivity index (χ0) is 48.5. The fourth-order valence-corrected chi connectivity index (χ4v) is 7.20. The molecule has 6 heterocycles. The normalized spacial score (nSPS) is 12.0. The van der Waals surface area contributed by atoms with Gasteiger partial charge >= 0.3 is 17.1 Å². The molecule has 0 fully saturated rings. The summed E-state index contributed by atoms with van der Waals surface area (Å²) in [7, 11) is 9.72. The fourth-order valence-electron chi connectivity index (χ4n) is 7.20. The molecule has 1 radical (unpaired) electrons. The summed E-state index contributed by atoms with van der Waals surface area (Å²) < 4.78 is 4.46. The van der Waals surface area contributed by atoms with Gasteiger partial charge in [-0.3, -0.25) is 0 Å². The van der Waals surface area contributed by atoms with Gasteiger partial charge in [0.2, 0.25) is 0 Å². The number of hydrogen-bond acceptors (Lipinski definition) is 10. The number of nitrogens with one attached hydrogen (secondary N) is 1. The molecule has 349 valence electrons. The van der Waals surface area contributed by atoms with Gasteiger partial charge in [-0.15, -0.1) is 13.3 Å². The Kier molecular flexibility index (Phi) is 20.2. The Hall–Kier alpha value is -7.60. The van der Waals surface area contributed by atoms with Gasteiger partial charge in [-0.05, 0) is 87.2 Å². The number of para-hydroxylation sites is 4. The third-order valence-corrected chi connectivity index (χ3v) is 10.1. The van der Waals surface area contributed by atoms with E-state index in [1.165, 1.54) is 32.6 Å². The van der Waals surface area contributed by atoms with Crippen LogP contribution in [-0.4, -0.2) is 82.5 Å². The molecule has 0 atom stereocenters. The number of anilines is 2. The van der Waals surface area contributed by atoms with E-state index in [0.29, 0.717) is 11.6 Å². The van der Waals surface area contributed by atoms with E-state index in [0.717, 1.165) is 34.0 Å². The monoisotopic (exact) mass is 946 g/mol. The third kappa shape index (κ3) is 12.2. The van der Waals surface area contributed by atoms with Gasteiger partial charge in [0.05, 0.1) is 27.8 Å². The maximum absolute atomic E-state index is 5.39. The smallest absolute Gasteiger partial charge is 0.510 e. The Morgan fingerprint density at radius 3 is 1.13 bits per heavy atom. The molecule has 68 heavy (non-hydrogen) atoms. The van der Waals surface area contributed by atoms with Crippen molar-refractivity contribution < 1.29 is 17.1 Å². The van der Waals surface area contributed by atoms with Crippen LogP contribution in [0.5, 0.6) is 0 Å². The number of rotatable bonds is 8. The summed E-state index contributed by atoms with van der Waals surface area (Å²) in [5, 5.41) is 7.55. The second-order valence-corrected chi connectivity index (χ2v) is 14.7. The van der Waals surface area contributed by atoms with Crippen LogP contribution in [0.3, 0.4) is 0 Å². The van der Waals surface area contributed by atoms with Crippen molar-refractivity contribution in [3.8, 4) is 11.4 Å². The molecule has 0 unspecified atom stereocenters. The van der Waals surface area contributed by atoms with E-state index in [1.54, 1.807) is 12.4 Å². The van der Waals surface area contributed by atoms with Gasteiger partial charge in [-0.25, -0.2) is 4.98 Å². The fraction of sp³-hybridized carbons (Fsp3) is 0.164. The summed E-state index contributed by atoms with van der Waals surface area (Å²) in [4.78, 5) is 26.5. The van der Waals surface area contributed by atoms with Gasteiger partial charge in [-0.1, -0.05) is 126 Å². The standard InChI is InChI=1S/C25H22N6.C19H12N4.C4H9N.C3H7N.2C2H6.Fe/c1-27-11-13-29(17-27)24-15-19(16-25(26-24)30-14-12-28(2)18-30)31-22-9-5-3-7-20(22)21-8-4-6-10-23(21)31;1-20-18-11-13(12-19(21-2)22-18)23-16-9-5-3-7-14(16)15-8-4-6-10-17(15)23;1-4-5(2)3;1-3-4-2;2*1-2;/h3-18H,1-2H3;1-12H;4H,1H2,2-3H3;3-4H,1H2,2H3;2*1-2H3;/q2*-2;;;;;+5. The number of nitrogens with zero attached hydrogens (tertiary/aromatic N) is 11. The first-order valence-corrected chi connectivity index (χ1v) is 22.2. The van der Waals surface area contributed by atoms with Crippen molar-refractivity contribution in [1.29, 1.82) is 0 Å². The minimum atomic E-state index is 0. The Morgan fingerprint density at radius 2 is 0.868 bits per heavy atom. The van der Waals surface area contributed by atoms with Crippen molar-refractivity contribution in [2.45, 2.75) is 27.7 Å². The molecular weight excluding hydrogens is 885 g/mol. The molecule has 0 aliphatic carbocycles. The number of hydrogen-bond donors (Lipinski definition) is 1. The Bertz CT molecular complexity index is 2800. The van der Waals surface area contributed by atoms with E-state index in [9.17, 15) is 0 Å². The molecule has 10 rings (SSSR count). The summed E-state index contributed by atoms with van der Waals surface area (Å²) >= 11 is 0. The summed E-state index contributed by atoms with van der Waals surface area (Å²) in [6, 6.07) is 41.5. The first-order chi connectivity index (χ1) is 32.7. The molecule has 2 aliphatic rings. The van der Waals surface area contributed by atoms with Crippen LogP contribution in [0, 0.1) is 13.3 Å². The molecule has 0 spiro atoms. The Balaban J connectivity index is 0.000000240. The molecule has 2 aliphatic heterocycles. The van der Waals surface area contributed by atoms with Crippen molar-refractivity contribution in [1.82, 2.24) is 39.1 Å². The molecule has 4 aromatic carbocycles. The van der Waals surface area contributed by atoms with E-state index in [-0.39, 0.29) is 17.1 Å². The maximum atomic E-state index is 5.39. The van der Waals surface area contributed by atoms with Gasteiger partial charge in [0.1, 0.15) is 11.6 Å². The van der Waals surface area contributed by atoms with Crippen LogP contribution in [0.1, 0.15) is 27.7 Å². The van der Waals surface area contributed by atoms with Crippen LogP contribution in [0.2, 0.25) is 0 Å². The topological polar surface area (TPSA) is 88.6 Å². The van der Waals surface area contributed by atoms with Crippen LogP contribution in [0.4, 0.5) is 23.3 Å². The summed E-state index contributed by atoms with van der Waals surface area (Å²) in [5.41, 5.74) is 6.48. The van der Waals surface area contributed by atoms with Crippen molar-refractivity contribution in [2.75, 3.05) is 45.0 Å². The quantitative estimate of drug-likeness (QED) is 0.0915. The van der Waals surface area contributed by atoms with Crippen LogP contribution in [0.15, 0.2) is 182 Å². The second kappa shape index (κ2) is 25.9. The zero-order valence-electron chi connectivity index (χ0n) is 40.5. The summed E-state index contributed by atoms with van der Waals surface area (Å²) in [6.45, 7) is 29.7. The van der Waals surface area contributed by atoms with Crippen LogP contribution in [0.25, 0.3) is 55.0 Å². The van der Waals surface area contributed by atoms with Crippen molar-refractivity contribution in [3.05, 3.63) is 185 Å². The Labute approximate surface area is 413 Å². The van der Waals surface area contributed by atoms with Crippen LogP contribution >= 0.6 is 0 Å². The summed E-state index contributed by atoms with van der Waals surface area (Å²) in [5.74, 6) is 2.50. The largest absolute Gasteiger partial charge is 5.00 e. The van der Waals surface area contributed by atoms with Crippen molar-refractivity contribution >= 4 is 80.3 Å². The van der Waals surface area contributed by atoms with Gasteiger partial charge in [0.25, 0.3) is 0 Å². The minimum Gasteiger partial charge on any atom is -0.510 e. The number of pyridine rings is 2. The van der Waals surface area contributed by atoms with Crippen molar-refractivity contribution in [2.24, 2.45) is 9.98 Å². The molecule has 0 saturated carbocycles. The molecule has 1 N–H and O–H groups in total. The van der Waals surface area contributed by atoms with E-state index in [2.05, 4.69) is 128 Å². The van der Waals surface area contributed by atoms with E-state index in [4.69, 9.17) is 18.4 Å². The molecular formula is C55H62FeN12+. The Morgan fingerprint density at radius 1 is 0.559 bits per heavy atom. The molecule has 0 amide bonds. The average Bonchev–Trinajstić information content (AvgIpc) is 4.18. The third-order valence-electron chi connectivity index (χ3n) is 10.1. The molecule has 12 nitrogen and oxygen atoms in total. The predicted octanol–water partition coefficient (Wildman–Crippen LogP) is 12.6. The second-order valence-electron chi connectivity index (χ2n) is 14.7. The summed E-state index contributed by atoms with van der Waals surface area (Å²) in [6.07, 6.45) is 11.5. The molecule has 4 aromatic heterocycles. The number of fused-ring (bicyclic) bond motifs is 6. The van der Waals surface area contributed by atoms with Crippen LogP contribution < -0.4 is 15.1 Å². The number of aromatic nitrogens is 4. The van der Waals surface area contributed by atoms with Gasteiger partial charge < -0.3 is 53.9 Å². The van der Waals surface area contributed by atoms with Gasteiger partial charge in [0, 0.05) is 60.5 Å². The first kappa shape index (κ1) is 53.0. The predicted molar refractivity (Wildman–Crippen MR) is 287 cm³/mol. The molecule has 0 bridgehead atoms. The number of aliphatic imine (C=N–C) groups is 2. The van der Waals surface area contributed by atoms with Crippen molar-refractivity contribution in [3.63, 3.8) is 0 Å².